The molecule has 2 atom stereocenters. The average Bonchev–Trinajstić information content (AvgIpc) is 2.35. The molecule has 1 saturated carbocycles. The van der Waals surface area contributed by atoms with Crippen LogP contribution in [-0.4, -0.2) is 6.54 Å². The van der Waals surface area contributed by atoms with Gasteiger partial charge in [0.1, 0.15) is 0 Å². The second-order valence-electron chi connectivity index (χ2n) is 6.09. The predicted molar refractivity (Wildman–Crippen MR) is 78.6 cm³/mol. The SMILES string of the molecule is Cc1cccc(CNCCC2CCCC(C)C2)c1. The van der Waals surface area contributed by atoms with Crippen molar-refractivity contribution in [2.75, 3.05) is 6.54 Å². The Morgan fingerprint density at radius 1 is 1.28 bits per heavy atom. The topological polar surface area (TPSA) is 12.0 Å². The van der Waals surface area contributed by atoms with Gasteiger partial charge in [0.15, 0.2) is 0 Å². The Morgan fingerprint density at radius 2 is 2.17 bits per heavy atom. The summed E-state index contributed by atoms with van der Waals surface area (Å²) in [6.07, 6.45) is 7.16. The fourth-order valence-electron chi connectivity index (χ4n) is 3.18. The Kier molecular flexibility index (Phi) is 5.25. The van der Waals surface area contributed by atoms with E-state index in [1.165, 1.54) is 49.8 Å². The highest BCUT2D eigenvalue weighted by Gasteiger charge is 2.17. The lowest BCUT2D eigenvalue weighted by molar-refractivity contribution is 0.267. The van der Waals surface area contributed by atoms with Crippen LogP contribution < -0.4 is 5.32 Å². The molecular weight excluding hydrogens is 218 g/mol. The Hall–Kier alpha value is -0.820. The lowest BCUT2D eigenvalue weighted by Crippen LogP contribution is -2.21. The predicted octanol–water partition coefficient (Wildman–Crippen LogP) is 4.30. The fraction of sp³-hybridized carbons (Fsp3) is 0.647. The molecule has 0 amide bonds. The molecule has 1 aliphatic rings. The highest BCUT2D eigenvalue weighted by Crippen LogP contribution is 2.30. The molecule has 0 bridgehead atoms. The summed E-state index contributed by atoms with van der Waals surface area (Å²) in [6.45, 7) is 6.76. The molecule has 0 heterocycles. The van der Waals surface area contributed by atoms with Crippen LogP contribution in [-0.2, 0) is 6.54 Å². The standard InChI is InChI=1S/C17H27N/c1-14-5-3-7-16(11-14)9-10-18-13-17-8-4-6-15(2)12-17/h4,6,8,12,14,16,18H,3,5,7,9-11,13H2,1-2H3. The fourth-order valence-corrected chi connectivity index (χ4v) is 3.18. The van der Waals surface area contributed by atoms with Crippen LogP contribution in [0.15, 0.2) is 24.3 Å². The first-order valence-corrected chi connectivity index (χ1v) is 7.50. The summed E-state index contributed by atoms with van der Waals surface area (Å²) in [5.74, 6) is 1.93. The van der Waals surface area contributed by atoms with Crippen molar-refractivity contribution in [1.82, 2.24) is 5.32 Å². The highest BCUT2D eigenvalue weighted by atomic mass is 14.8. The van der Waals surface area contributed by atoms with Gasteiger partial charge in [0, 0.05) is 6.54 Å². The van der Waals surface area contributed by atoms with Gasteiger partial charge in [-0.15, -0.1) is 0 Å². The van der Waals surface area contributed by atoms with Crippen molar-refractivity contribution < 1.29 is 0 Å². The van der Waals surface area contributed by atoms with Gasteiger partial charge in [-0.25, -0.2) is 0 Å². The third kappa shape index (κ3) is 4.45. The Morgan fingerprint density at radius 3 is 2.94 bits per heavy atom. The molecule has 2 rings (SSSR count). The van der Waals surface area contributed by atoms with Gasteiger partial charge in [-0.1, -0.05) is 56.0 Å². The smallest absolute Gasteiger partial charge is 0.0205 e. The molecular formula is C17H27N. The first-order valence-electron chi connectivity index (χ1n) is 7.50. The van der Waals surface area contributed by atoms with Crippen molar-refractivity contribution in [1.29, 1.82) is 0 Å². The summed E-state index contributed by atoms with van der Waals surface area (Å²) in [5, 5.41) is 3.59. The first kappa shape index (κ1) is 13.6. The quantitative estimate of drug-likeness (QED) is 0.763. The number of hydrogen-bond donors (Lipinski definition) is 1. The molecule has 1 aromatic rings. The van der Waals surface area contributed by atoms with Gasteiger partial charge >= 0.3 is 0 Å². The maximum absolute atomic E-state index is 3.59. The Bertz CT molecular complexity index is 358. The van der Waals surface area contributed by atoms with Crippen LogP contribution in [0.4, 0.5) is 0 Å². The van der Waals surface area contributed by atoms with E-state index in [9.17, 15) is 0 Å². The van der Waals surface area contributed by atoms with Crippen LogP contribution >= 0.6 is 0 Å². The van der Waals surface area contributed by atoms with E-state index >= 15 is 0 Å². The van der Waals surface area contributed by atoms with Gasteiger partial charge in [0.25, 0.3) is 0 Å². The van der Waals surface area contributed by atoms with Crippen LogP contribution in [0.2, 0.25) is 0 Å². The zero-order chi connectivity index (χ0) is 12.8. The van der Waals surface area contributed by atoms with E-state index in [-0.39, 0.29) is 0 Å². The van der Waals surface area contributed by atoms with E-state index in [1.807, 2.05) is 0 Å². The van der Waals surface area contributed by atoms with Crippen molar-refractivity contribution in [3.05, 3.63) is 35.4 Å². The number of nitrogens with one attached hydrogen (secondary N) is 1. The normalized spacial score (nSPS) is 24.1. The van der Waals surface area contributed by atoms with Gasteiger partial charge < -0.3 is 5.32 Å². The second-order valence-corrected chi connectivity index (χ2v) is 6.09. The number of hydrogen-bond acceptors (Lipinski definition) is 1. The van der Waals surface area contributed by atoms with E-state index < -0.39 is 0 Å². The van der Waals surface area contributed by atoms with Crippen LogP contribution in [0.3, 0.4) is 0 Å². The van der Waals surface area contributed by atoms with E-state index in [2.05, 4.69) is 43.4 Å². The minimum Gasteiger partial charge on any atom is -0.313 e. The largest absolute Gasteiger partial charge is 0.313 e. The molecule has 1 N–H and O–H groups in total. The van der Waals surface area contributed by atoms with Gasteiger partial charge in [-0.05, 0) is 43.7 Å². The average molecular weight is 245 g/mol. The summed E-state index contributed by atoms with van der Waals surface area (Å²) in [6, 6.07) is 8.79. The van der Waals surface area contributed by atoms with Crippen LogP contribution in [0.5, 0.6) is 0 Å². The van der Waals surface area contributed by atoms with E-state index in [1.54, 1.807) is 0 Å². The molecule has 0 spiro atoms. The highest BCUT2D eigenvalue weighted by molar-refractivity contribution is 5.21. The van der Waals surface area contributed by atoms with Crippen molar-refractivity contribution >= 4 is 0 Å². The van der Waals surface area contributed by atoms with E-state index in [0.717, 1.165) is 18.4 Å². The minimum absolute atomic E-state index is 0.959. The second kappa shape index (κ2) is 6.94. The molecule has 1 aliphatic carbocycles. The molecule has 0 aliphatic heterocycles. The minimum atomic E-state index is 0.959. The molecule has 0 aromatic heterocycles. The van der Waals surface area contributed by atoms with Crippen molar-refractivity contribution in [2.45, 2.75) is 52.5 Å². The van der Waals surface area contributed by atoms with E-state index in [4.69, 9.17) is 0 Å². The molecule has 1 fully saturated rings. The molecule has 0 saturated heterocycles. The van der Waals surface area contributed by atoms with Crippen molar-refractivity contribution in [2.24, 2.45) is 11.8 Å². The summed E-state index contributed by atoms with van der Waals surface area (Å²) in [4.78, 5) is 0. The van der Waals surface area contributed by atoms with Crippen LogP contribution in [0.25, 0.3) is 0 Å². The molecule has 1 aromatic carbocycles. The van der Waals surface area contributed by atoms with Gasteiger partial charge in [-0.2, -0.15) is 0 Å². The maximum Gasteiger partial charge on any atom is 0.0205 e. The summed E-state index contributed by atoms with van der Waals surface area (Å²) >= 11 is 0. The van der Waals surface area contributed by atoms with Gasteiger partial charge in [-0.3, -0.25) is 0 Å². The zero-order valence-corrected chi connectivity index (χ0v) is 11.9. The van der Waals surface area contributed by atoms with Crippen LogP contribution in [0, 0.1) is 18.8 Å². The molecule has 1 nitrogen and oxygen atoms in total. The maximum atomic E-state index is 3.59. The van der Waals surface area contributed by atoms with Gasteiger partial charge in [0.2, 0.25) is 0 Å². The summed E-state index contributed by atoms with van der Waals surface area (Å²) in [7, 11) is 0. The number of rotatable bonds is 5. The monoisotopic (exact) mass is 245 g/mol. The van der Waals surface area contributed by atoms with E-state index in [0.29, 0.717) is 0 Å². The first-order chi connectivity index (χ1) is 8.74. The molecule has 0 radical (unpaired) electrons. The van der Waals surface area contributed by atoms with Gasteiger partial charge in [0.05, 0.1) is 0 Å². The number of aryl methyl sites for hydroxylation is 1. The molecule has 1 heteroatoms. The van der Waals surface area contributed by atoms with Crippen LogP contribution in [0.1, 0.15) is 50.2 Å². The molecule has 100 valence electrons. The molecule has 18 heavy (non-hydrogen) atoms. The summed E-state index contributed by atoms with van der Waals surface area (Å²) in [5.41, 5.74) is 2.77. The molecule has 2 unspecified atom stereocenters. The van der Waals surface area contributed by atoms with Crippen molar-refractivity contribution in [3.63, 3.8) is 0 Å². The summed E-state index contributed by atoms with van der Waals surface area (Å²) < 4.78 is 0. The Labute approximate surface area is 112 Å². The Balaban J connectivity index is 1.64. The lowest BCUT2D eigenvalue weighted by Gasteiger charge is -2.26. The zero-order valence-electron chi connectivity index (χ0n) is 11.9. The van der Waals surface area contributed by atoms with Crippen molar-refractivity contribution in [3.8, 4) is 0 Å². The lowest BCUT2D eigenvalue weighted by atomic mass is 9.81. The third-order valence-corrected chi connectivity index (χ3v) is 4.19. The third-order valence-electron chi connectivity index (χ3n) is 4.19. The number of benzene rings is 1.